The van der Waals surface area contributed by atoms with Gasteiger partial charge in [-0.15, -0.1) is 23.2 Å². The first-order valence-electron chi connectivity index (χ1n) is 4.68. The highest BCUT2D eigenvalue weighted by Crippen LogP contribution is 2.35. The molecule has 1 unspecified atom stereocenters. The molecule has 1 aromatic carbocycles. The van der Waals surface area contributed by atoms with E-state index in [4.69, 9.17) is 23.2 Å². The molecular weight excluding hydrogens is 276 g/mol. The Morgan fingerprint density at radius 1 is 1.41 bits per heavy atom. The molecule has 1 atom stereocenters. The van der Waals surface area contributed by atoms with Crippen molar-refractivity contribution in [3.8, 4) is 0 Å². The van der Waals surface area contributed by atoms with E-state index in [9.17, 15) is 18.0 Å². The van der Waals surface area contributed by atoms with Crippen LogP contribution in [0, 0.1) is 0 Å². The molecule has 0 spiro atoms. The topological polar surface area (TPSA) is 17.1 Å². The number of Topliss-reactive ketones (excluding diaryl/α,β-unsaturated/α-hetero) is 1. The molecule has 1 rings (SSSR count). The molecule has 0 saturated heterocycles. The van der Waals surface area contributed by atoms with Crippen LogP contribution in [-0.2, 0) is 16.9 Å². The molecule has 0 bridgehead atoms. The summed E-state index contributed by atoms with van der Waals surface area (Å²) in [5, 5.41) is -1.07. The van der Waals surface area contributed by atoms with Gasteiger partial charge in [-0.25, -0.2) is 0 Å². The zero-order valence-electron chi connectivity index (χ0n) is 8.81. The van der Waals surface area contributed by atoms with E-state index in [1.807, 2.05) is 0 Å². The van der Waals surface area contributed by atoms with Gasteiger partial charge in [0.05, 0.1) is 5.56 Å². The fourth-order valence-electron chi connectivity index (χ4n) is 1.37. The predicted molar refractivity (Wildman–Crippen MR) is 60.3 cm³/mol. The van der Waals surface area contributed by atoms with E-state index in [1.165, 1.54) is 19.1 Å². The zero-order chi connectivity index (χ0) is 13.2. The Balaban J connectivity index is 3.27. The van der Waals surface area contributed by atoms with Crippen LogP contribution in [-0.4, -0.2) is 5.78 Å². The van der Waals surface area contributed by atoms with Crippen LogP contribution < -0.4 is 0 Å². The number of hydrogen-bond acceptors (Lipinski definition) is 1. The molecule has 0 N–H and O–H groups in total. The fourth-order valence-corrected chi connectivity index (χ4v) is 1.74. The minimum absolute atomic E-state index is 0.0321. The first kappa shape index (κ1) is 14.3. The van der Waals surface area contributed by atoms with Gasteiger partial charge in [-0.3, -0.25) is 4.79 Å². The van der Waals surface area contributed by atoms with Gasteiger partial charge in [-0.2, -0.15) is 13.2 Å². The van der Waals surface area contributed by atoms with Crippen LogP contribution in [0.1, 0.15) is 29.0 Å². The standard InChI is InChI=1S/C11H9Cl2F3O/c1-6(17)10(13)7-2-3-8(5-12)9(4-7)11(14,15)16/h2-4,10H,5H2,1H3. The van der Waals surface area contributed by atoms with Gasteiger partial charge in [0.25, 0.3) is 0 Å². The van der Waals surface area contributed by atoms with Crippen molar-refractivity contribution in [1.82, 2.24) is 0 Å². The molecule has 0 heterocycles. The van der Waals surface area contributed by atoms with E-state index in [2.05, 4.69) is 0 Å². The Morgan fingerprint density at radius 3 is 2.41 bits per heavy atom. The molecule has 6 heteroatoms. The lowest BCUT2D eigenvalue weighted by molar-refractivity contribution is -0.138. The van der Waals surface area contributed by atoms with Crippen LogP contribution in [0.3, 0.4) is 0 Å². The molecule has 0 fully saturated rings. The second kappa shape index (κ2) is 5.27. The third-order valence-electron chi connectivity index (χ3n) is 2.23. The van der Waals surface area contributed by atoms with E-state index in [1.54, 1.807) is 0 Å². The third-order valence-corrected chi connectivity index (χ3v) is 3.08. The van der Waals surface area contributed by atoms with Crippen molar-refractivity contribution < 1.29 is 18.0 Å². The Hall–Kier alpha value is -0.740. The molecular formula is C11H9Cl2F3O. The summed E-state index contributed by atoms with van der Waals surface area (Å²) in [5.41, 5.74) is -0.757. The Labute approximate surface area is 107 Å². The highest BCUT2D eigenvalue weighted by atomic mass is 35.5. The first-order chi connectivity index (χ1) is 7.77. The average Bonchev–Trinajstić information content (AvgIpc) is 2.25. The Bertz CT molecular complexity index is 429. The lowest BCUT2D eigenvalue weighted by atomic mass is 10.0. The van der Waals surface area contributed by atoms with Crippen molar-refractivity contribution >= 4 is 29.0 Å². The Kier molecular flexibility index (Phi) is 4.44. The van der Waals surface area contributed by atoms with Gasteiger partial charge < -0.3 is 0 Å². The number of ketones is 1. The van der Waals surface area contributed by atoms with Gasteiger partial charge in [0, 0.05) is 5.88 Å². The zero-order valence-corrected chi connectivity index (χ0v) is 10.3. The summed E-state index contributed by atoms with van der Waals surface area (Å²) < 4.78 is 38.1. The van der Waals surface area contributed by atoms with Gasteiger partial charge in [0.1, 0.15) is 5.38 Å². The molecule has 0 aromatic heterocycles. The normalized spacial score (nSPS) is 13.5. The number of hydrogen-bond donors (Lipinski definition) is 0. The van der Waals surface area contributed by atoms with Crippen LogP contribution in [0.5, 0.6) is 0 Å². The monoisotopic (exact) mass is 284 g/mol. The van der Waals surface area contributed by atoms with Crippen LogP contribution in [0.4, 0.5) is 13.2 Å². The summed E-state index contributed by atoms with van der Waals surface area (Å²) in [6, 6.07) is 3.49. The summed E-state index contributed by atoms with van der Waals surface area (Å²) in [7, 11) is 0. The van der Waals surface area contributed by atoms with Crippen LogP contribution >= 0.6 is 23.2 Å². The van der Waals surface area contributed by atoms with Crippen molar-refractivity contribution in [2.45, 2.75) is 24.4 Å². The van der Waals surface area contributed by atoms with Crippen LogP contribution in [0.15, 0.2) is 18.2 Å². The second-order valence-electron chi connectivity index (χ2n) is 3.52. The maximum absolute atomic E-state index is 12.7. The number of halogens is 5. The van der Waals surface area contributed by atoms with Gasteiger partial charge in [0.15, 0.2) is 5.78 Å². The maximum atomic E-state index is 12.7. The lowest BCUT2D eigenvalue weighted by Crippen LogP contribution is -2.11. The summed E-state index contributed by atoms with van der Waals surface area (Å²) in [6.45, 7) is 1.22. The molecule has 0 amide bonds. The van der Waals surface area contributed by atoms with E-state index >= 15 is 0 Å². The van der Waals surface area contributed by atoms with Crippen LogP contribution in [0.25, 0.3) is 0 Å². The number of benzene rings is 1. The number of carbonyl (C=O) groups excluding carboxylic acids is 1. The fraction of sp³-hybridized carbons (Fsp3) is 0.364. The molecule has 0 aliphatic carbocycles. The maximum Gasteiger partial charge on any atom is 0.416 e. The smallest absolute Gasteiger partial charge is 0.298 e. The summed E-state index contributed by atoms with van der Waals surface area (Å²) in [6.07, 6.45) is -4.51. The van der Waals surface area contributed by atoms with Crippen molar-refractivity contribution in [3.05, 3.63) is 34.9 Å². The third kappa shape index (κ3) is 3.36. The molecule has 0 aliphatic heterocycles. The average molecular weight is 285 g/mol. The predicted octanol–water partition coefficient (Wildman–Crippen LogP) is 4.31. The Morgan fingerprint density at radius 2 is 2.00 bits per heavy atom. The van der Waals surface area contributed by atoms with Crippen molar-refractivity contribution in [2.24, 2.45) is 0 Å². The van der Waals surface area contributed by atoms with Gasteiger partial charge in [-0.05, 0) is 24.1 Å². The lowest BCUT2D eigenvalue weighted by Gasteiger charge is -2.14. The SMILES string of the molecule is CC(=O)C(Cl)c1ccc(CCl)c(C(F)(F)F)c1. The molecule has 0 saturated carbocycles. The van der Waals surface area contributed by atoms with E-state index in [-0.39, 0.29) is 17.0 Å². The molecule has 17 heavy (non-hydrogen) atoms. The van der Waals surface area contributed by atoms with Gasteiger partial charge in [-0.1, -0.05) is 12.1 Å². The van der Waals surface area contributed by atoms with Crippen molar-refractivity contribution in [1.29, 1.82) is 0 Å². The highest BCUT2D eigenvalue weighted by Gasteiger charge is 2.34. The number of carbonyl (C=O) groups is 1. The first-order valence-corrected chi connectivity index (χ1v) is 5.65. The van der Waals surface area contributed by atoms with E-state index < -0.39 is 22.9 Å². The number of alkyl halides is 5. The largest absolute Gasteiger partial charge is 0.416 e. The molecule has 0 radical (unpaired) electrons. The number of rotatable bonds is 3. The van der Waals surface area contributed by atoms with E-state index in [0.717, 1.165) is 6.07 Å². The molecule has 1 nitrogen and oxygen atoms in total. The summed E-state index contributed by atoms with van der Waals surface area (Å²) in [5.74, 6) is -0.652. The minimum atomic E-state index is -4.51. The quantitative estimate of drug-likeness (QED) is 0.756. The summed E-state index contributed by atoms with van der Waals surface area (Å²) in [4.78, 5) is 11.0. The molecule has 1 aromatic rings. The van der Waals surface area contributed by atoms with Crippen molar-refractivity contribution in [2.75, 3.05) is 0 Å². The summed E-state index contributed by atoms with van der Waals surface area (Å²) >= 11 is 11.1. The van der Waals surface area contributed by atoms with E-state index in [0.29, 0.717) is 0 Å². The van der Waals surface area contributed by atoms with Crippen LogP contribution in [0.2, 0.25) is 0 Å². The van der Waals surface area contributed by atoms with Gasteiger partial charge in [0.2, 0.25) is 0 Å². The second-order valence-corrected chi connectivity index (χ2v) is 4.22. The van der Waals surface area contributed by atoms with Crippen molar-refractivity contribution in [3.63, 3.8) is 0 Å². The van der Waals surface area contributed by atoms with Gasteiger partial charge >= 0.3 is 6.18 Å². The highest BCUT2D eigenvalue weighted by molar-refractivity contribution is 6.30. The molecule has 94 valence electrons. The minimum Gasteiger partial charge on any atom is -0.298 e. The molecule has 0 aliphatic rings.